The second kappa shape index (κ2) is 5.98. The van der Waals surface area contributed by atoms with Crippen molar-refractivity contribution < 1.29 is 8.42 Å². The van der Waals surface area contributed by atoms with Crippen LogP contribution in [-0.2, 0) is 10.0 Å². The van der Waals surface area contributed by atoms with Gasteiger partial charge in [-0.1, -0.05) is 0 Å². The SMILES string of the molecule is CNS(=O)(=O)c1ccc(Nc2ccc(I)cc2)cc1N. The molecule has 5 nitrogen and oxygen atoms in total. The molecule has 0 unspecified atom stereocenters. The van der Waals surface area contributed by atoms with E-state index in [4.69, 9.17) is 5.73 Å². The summed E-state index contributed by atoms with van der Waals surface area (Å²) in [5.41, 5.74) is 7.65. The van der Waals surface area contributed by atoms with Crippen LogP contribution in [-0.4, -0.2) is 15.5 Å². The molecular formula is C13H14IN3O2S. The largest absolute Gasteiger partial charge is 0.398 e. The summed E-state index contributed by atoms with van der Waals surface area (Å²) in [6, 6.07) is 12.6. The van der Waals surface area contributed by atoms with Crippen LogP contribution in [0, 0.1) is 3.57 Å². The van der Waals surface area contributed by atoms with Crippen molar-refractivity contribution in [3.8, 4) is 0 Å². The maximum atomic E-state index is 11.7. The average Bonchev–Trinajstić information content (AvgIpc) is 2.41. The third-order valence-corrected chi connectivity index (χ3v) is 4.91. The number of halogens is 1. The molecule has 2 aromatic carbocycles. The van der Waals surface area contributed by atoms with Gasteiger partial charge in [0.15, 0.2) is 0 Å². The van der Waals surface area contributed by atoms with Crippen LogP contribution >= 0.6 is 22.6 Å². The first kappa shape index (κ1) is 15.1. The van der Waals surface area contributed by atoms with Gasteiger partial charge in [-0.3, -0.25) is 0 Å². The summed E-state index contributed by atoms with van der Waals surface area (Å²) in [6.07, 6.45) is 0. The Morgan fingerprint density at radius 1 is 1.05 bits per heavy atom. The van der Waals surface area contributed by atoms with E-state index in [0.717, 1.165) is 14.9 Å². The monoisotopic (exact) mass is 403 g/mol. The number of benzene rings is 2. The number of nitrogens with two attached hydrogens (primary N) is 1. The zero-order valence-electron chi connectivity index (χ0n) is 10.7. The van der Waals surface area contributed by atoms with Crippen LogP contribution in [0.5, 0.6) is 0 Å². The highest BCUT2D eigenvalue weighted by Crippen LogP contribution is 2.25. The van der Waals surface area contributed by atoms with E-state index in [2.05, 4.69) is 32.6 Å². The van der Waals surface area contributed by atoms with Gasteiger partial charge in [-0.05, 0) is 72.1 Å². The van der Waals surface area contributed by atoms with E-state index in [0.29, 0.717) is 0 Å². The van der Waals surface area contributed by atoms with Gasteiger partial charge in [0.25, 0.3) is 0 Å². The molecule has 0 saturated carbocycles. The number of hydrogen-bond acceptors (Lipinski definition) is 4. The van der Waals surface area contributed by atoms with Gasteiger partial charge in [0.1, 0.15) is 4.90 Å². The van der Waals surface area contributed by atoms with Gasteiger partial charge in [0.05, 0.1) is 5.69 Å². The highest BCUT2D eigenvalue weighted by Gasteiger charge is 2.15. The summed E-state index contributed by atoms with van der Waals surface area (Å²) >= 11 is 2.23. The van der Waals surface area contributed by atoms with E-state index in [-0.39, 0.29) is 10.6 Å². The Kier molecular flexibility index (Phi) is 4.51. The average molecular weight is 403 g/mol. The smallest absolute Gasteiger partial charge is 0.242 e. The van der Waals surface area contributed by atoms with Gasteiger partial charge in [-0.2, -0.15) is 0 Å². The van der Waals surface area contributed by atoms with E-state index < -0.39 is 10.0 Å². The quantitative estimate of drug-likeness (QED) is 0.541. The molecule has 7 heteroatoms. The van der Waals surface area contributed by atoms with Crippen molar-refractivity contribution in [2.24, 2.45) is 0 Å². The normalized spacial score (nSPS) is 11.3. The molecule has 0 aromatic heterocycles. The van der Waals surface area contributed by atoms with Crippen LogP contribution in [0.3, 0.4) is 0 Å². The van der Waals surface area contributed by atoms with Crippen LogP contribution in [0.1, 0.15) is 0 Å². The summed E-state index contributed by atoms with van der Waals surface area (Å²) in [6.45, 7) is 0. The third-order valence-electron chi connectivity index (χ3n) is 2.70. The van der Waals surface area contributed by atoms with Crippen molar-refractivity contribution in [2.45, 2.75) is 4.90 Å². The zero-order valence-corrected chi connectivity index (χ0v) is 13.7. The van der Waals surface area contributed by atoms with E-state index in [1.54, 1.807) is 12.1 Å². The van der Waals surface area contributed by atoms with Gasteiger partial charge in [0.2, 0.25) is 10.0 Å². The fourth-order valence-corrected chi connectivity index (χ4v) is 2.88. The van der Waals surface area contributed by atoms with Gasteiger partial charge in [-0.25, -0.2) is 13.1 Å². The number of hydrogen-bond donors (Lipinski definition) is 3. The van der Waals surface area contributed by atoms with Crippen molar-refractivity contribution in [3.63, 3.8) is 0 Å². The number of anilines is 3. The van der Waals surface area contributed by atoms with Crippen LogP contribution in [0.15, 0.2) is 47.4 Å². The number of nitrogens with one attached hydrogen (secondary N) is 2. The molecule has 106 valence electrons. The van der Waals surface area contributed by atoms with Crippen molar-refractivity contribution in [2.75, 3.05) is 18.1 Å². The fourth-order valence-electron chi connectivity index (χ4n) is 1.68. The summed E-state index contributed by atoms with van der Waals surface area (Å²) in [7, 11) is -2.17. The molecule has 2 aromatic rings. The predicted octanol–water partition coefficient (Wildman–Crippen LogP) is 2.53. The lowest BCUT2D eigenvalue weighted by Crippen LogP contribution is -2.19. The molecule has 0 aliphatic rings. The van der Waals surface area contributed by atoms with E-state index in [1.807, 2.05) is 24.3 Å². The molecule has 0 atom stereocenters. The lowest BCUT2D eigenvalue weighted by Gasteiger charge is -2.10. The molecular weight excluding hydrogens is 389 g/mol. The van der Waals surface area contributed by atoms with Crippen molar-refractivity contribution in [3.05, 3.63) is 46.0 Å². The Labute approximate surface area is 131 Å². The van der Waals surface area contributed by atoms with Crippen LogP contribution in [0.4, 0.5) is 17.1 Å². The zero-order chi connectivity index (χ0) is 14.8. The van der Waals surface area contributed by atoms with Gasteiger partial charge >= 0.3 is 0 Å². The first-order valence-corrected chi connectivity index (χ1v) is 8.34. The molecule has 0 amide bonds. The summed E-state index contributed by atoms with van der Waals surface area (Å²) in [4.78, 5) is 0.0770. The van der Waals surface area contributed by atoms with Crippen molar-refractivity contribution in [1.82, 2.24) is 4.72 Å². The molecule has 2 rings (SSSR count). The molecule has 4 N–H and O–H groups in total. The number of sulfonamides is 1. The number of nitrogen functional groups attached to an aromatic ring is 1. The Balaban J connectivity index is 2.28. The van der Waals surface area contributed by atoms with Crippen LogP contribution in [0.2, 0.25) is 0 Å². The standard InChI is InChI=1S/C13H14IN3O2S/c1-16-20(18,19)13-7-6-11(8-12(13)15)17-10-4-2-9(14)3-5-10/h2-8,16-17H,15H2,1H3. The maximum Gasteiger partial charge on any atom is 0.242 e. The van der Waals surface area contributed by atoms with Gasteiger partial charge in [0, 0.05) is 14.9 Å². The lowest BCUT2D eigenvalue weighted by molar-refractivity contribution is 0.588. The molecule has 0 spiro atoms. The molecule has 20 heavy (non-hydrogen) atoms. The Morgan fingerprint density at radius 3 is 2.20 bits per heavy atom. The minimum atomic E-state index is -3.53. The highest BCUT2D eigenvalue weighted by molar-refractivity contribution is 14.1. The second-order valence-electron chi connectivity index (χ2n) is 4.09. The van der Waals surface area contributed by atoms with Gasteiger partial charge < -0.3 is 11.1 Å². The second-order valence-corrected chi connectivity index (χ2v) is 7.19. The Morgan fingerprint density at radius 2 is 1.65 bits per heavy atom. The summed E-state index contributed by atoms with van der Waals surface area (Å²) in [5.74, 6) is 0. The molecule has 0 fully saturated rings. The van der Waals surface area contributed by atoms with Gasteiger partial charge in [-0.15, -0.1) is 0 Å². The number of rotatable bonds is 4. The molecule has 0 aliphatic carbocycles. The molecule has 0 heterocycles. The fraction of sp³-hybridized carbons (Fsp3) is 0.0769. The first-order valence-electron chi connectivity index (χ1n) is 5.78. The van der Waals surface area contributed by atoms with E-state index >= 15 is 0 Å². The predicted molar refractivity (Wildman–Crippen MR) is 89.5 cm³/mol. The molecule has 0 saturated heterocycles. The highest BCUT2D eigenvalue weighted by atomic mass is 127. The Hall–Kier alpha value is -1.32. The van der Waals surface area contributed by atoms with Crippen molar-refractivity contribution >= 4 is 49.7 Å². The first-order chi connectivity index (χ1) is 9.42. The third kappa shape index (κ3) is 3.41. The maximum absolute atomic E-state index is 11.7. The van der Waals surface area contributed by atoms with E-state index in [1.165, 1.54) is 13.1 Å². The van der Waals surface area contributed by atoms with Crippen LogP contribution in [0.25, 0.3) is 0 Å². The summed E-state index contributed by atoms with van der Waals surface area (Å²) < 4.78 is 26.8. The minimum Gasteiger partial charge on any atom is -0.398 e. The molecule has 0 bridgehead atoms. The van der Waals surface area contributed by atoms with E-state index in [9.17, 15) is 8.42 Å². The van der Waals surface area contributed by atoms with Crippen LogP contribution < -0.4 is 15.8 Å². The molecule has 0 radical (unpaired) electrons. The summed E-state index contributed by atoms with van der Waals surface area (Å²) in [5, 5.41) is 3.17. The minimum absolute atomic E-state index is 0.0770. The van der Waals surface area contributed by atoms with Crippen molar-refractivity contribution in [1.29, 1.82) is 0 Å². The lowest BCUT2D eigenvalue weighted by atomic mass is 10.2. The Bertz CT molecular complexity index is 715. The topological polar surface area (TPSA) is 84.2 Å². The molecule has 0 aliphatic heterocycles.